The minimum atomic E-state index is 0.00523. The first kappa shape index (κ1) is 13.6. The van der Waals surface area contributed by atoms with Crippen LogP contribution in [0.5, 0.6) is 0 Å². The van der Waals surface area contributed by atoms with Crippen LogP contribution in [0.3, 0.4) is 0 Å². The lowest BCUT2D eigenvalue weighted by molar-refractivity contribution is 0.0761. The van der Waals surface area contributed by atoms with Crippen LogP contribution < -0.4 is 0 Å². The van der Waals surface area contributed by atoms with Gasteiger partial charge in [0.2, 0.25) is 0 Å². The molecule has 0 fully saturated rings. The second-order valence-electron chi connectivity index (χ2n) is 4.06. The SMILES string of the molecule is CC(C)c1nnsc1C(=O)N(C)C(C)CBr. The van der Waals surface area contributed by atoms with Crippen molar-refractivity contribution in [2.24, 2.45) is 0 Å². The number of alkyl halides is 1. The van der Waals surface area contributed by atoms with Gasteiger partial charge in [-0.15, -0.1) is 5.10 Å². The molecule has 90 valence electrons. The molecule has 6 heteroatoms. The van der Waals surface area contributed by atoms with Crippen LogP contribution in [0.15, 0.2) is 0 Å². The summed E-state index contributed by atoms with van der Waals surface area (Å²) in [5.41, 5.74) is 0.795. The smallest absolute Gasteiger partial charge is 0.267 e. The van der Waals surface area contributed by atoms with Gasteiger partial charge in [0, 0.05) is 18.4 Å². The average molecular weight is 306 g/mol. The van der Waals surface area contributed by atoms with Crippen LogP contribution in [0.25, 0.3) is 0 Å². The standard InChI is InChI=1S/C10H16BrN3OS/c1-6(2)8-9(16-13-12-8)10(15)14(4)7(3)5-11/h6-7H,5H2,1-4H3. The van der Waals surface area contributed by atoms with Gasteiger partial charge < -0.3 is 4.90 Å². The summed E-state index contributed by atoms with van der Waals surface area (Å²) < 4.78 is 3.86. The van der Waals surface area contributed by atoms with Crippen LogP contribution in [-0.4, -0.2) is 38.8 Å². The largest absolute Gasteiger partial charge is 0.337 e. The fourth-order valence-electron chi connectivity index (χ4n) is 1.19. The van der Waals surface area contributed by atoms with E-state index < -0.39 is 0 Å². The predicted molar refractivity (Wildman–Crippen MR) is 69.3 cm³/mol. The molecule has 0 aliphatic rings. The van der Waals surface area contributed by atoms with E-state index in [4.69, 9.17) is 0 Å². The fourth-order valence-corrected chi connectivity index (χ4v) is 2.42. The molecular formula is C10H16BrN3OS. The van der Waals surface area contributed by atoms with E-state index in [1.807, 2.05) is 20.8 Å². The van der Waals surface area contributed by atoms with Gasteiger partial charge in [-0.05, 0) is 24.4 Å². The highest BCUT2D eigenvalue weighted by molar-refractivity contribution is 9.09. The number of halogens is 1. The van der Waals surface area contributed by atoms with Crippen LogP contribution >= 0.6 is 27.5 Å². The van der Waals surface area contributed by atoms with E-state index in [9.17, 15) is 4.79 Å². The Hall–Kier alpha value is -0.490. The van der Waals surface area contributed by atoms with Gasteiger partial charge in [0.25, 0.3) is 5.91 Å². The number of rotatable bonds is 4. The zero-order chi connectivity index (χ0) is 12.3. The lowest BCUT2D eigenvalue weighted by Crippen LogP contribution is -2.36. The van der Waals surface area contributed by atoms with Gasteiger partial charge in [0.15, 0.2) is 0 Å². The third-order valence-corrected chi connectivity index (χ3v) is 4.13. The van der Waals surface area contributed by atoms with Crippen molar-refractivity contribution in [3.63, 3.8) is 0 Å². The molecule has 1 aromatic heterocycles. The first-order valence-corrected chi connectivity index (χ1v) is 7.03. The number of hydrogen-bond donors (Lipinski definition) is 0. The van der Waals surface area contributed by atoms with Crippen LogP contribution in [0.4, 0.5) is 0 Å². The van der Waals surface area contributed by atoms with Crippen molar-refractivity contribution >= 4 is 33.4 Å². The summed E-state index contributed by atoms with van der Waals surface area (Å²) in [5.74, 6) is 0.232. The summed E-state index contributed by atoms with van der Waals surface area (Å²) in [4.78, 5) is 14.5. The summed E-state index contributed by atoms with van der Waals surface area (Å²) >= 11 is 4.55. The third kappa shape index (κ3) is 2.79. The summed E-state index contributed by atoms with van der Waals surface area (Å²) in [6.45, 7) is 6.03. The molecule has 1 aromatic rings. The van der Waals surface area contributed by atoms with Crippen LogP contribution in [0.2, 0.25) is 0 Å². The molecule has 4 nitrogen and oxygen atoms in total. The van der Waals surface area contributed by atoms with E-state index in [1.165, 1.54) is 11.5 Å². The molecule has 16 heavy (non-hydrogen) atoms. The lowest BCUT2D eigenvalue weighted by Gasteiger charge is -2.22. The van der Waals surface area contributed by atoms with Gasteiger partial charge in [-0.1, -0.05) is 34.3 Å². The van der Waals surface area contributed by atoms with E-state index >= 15 is 0 Å². The van der Waals surface area contributed by atoms with E-state index in [0.29, 0.717) is 4.88 Å². The molecule has 0 aliphatic carbocycles. The van der Waals surface area contributed by atoms with Gasteiger partial charge in [-0.2, -0.15) is 0 Å². The molecular weight excluding hydrogens is 290 g/mol. The molecule has 1 amide bonds. The lowest BCUT2D eigenvalue weighted by atomic mass is 10.1. The Morgan fingerprint density at radius 1 is 1.50 bits per heavy atom. The van der Waals surface area contributed by atoms with Crippen molar-refractivity contribution in [2.45, 2.75) is 32.7 Å². The van der Waals surface area contributed by atoms with E-state index in [2.05, 4.69) is 25.5 Å². The topological polar surface area (TPSA) is 46.1 Å². The van der Waals surface area contributed by atoms with Crippen molar-refractivity contribution < 1.29 is 4.79 Å². The summed E-state index contributed by atoms with van der Waals surface area (Å²) in [7, 11) is 1.80. The molecule has 1 atom stereocenters. The fraction of sp³-hybridized carbons (Fsp3) is 0.700. The Morgan fingerprint density at radius 2 is 2.12 bits per heavy atom. The maximum atomic E-state index is 12.2. The third-order valence-electron chi connectivity index (χ3n) is 2.46. The first-order chi connectivity index (χ1) is 7.49. The van der Waals surface area contributed by atoms with Crippen molar-refractivity contribution in [3.8, 4) is 0 Å². The Bertz CT molecular complexity index is 367. The van der Waals surface area contributed by atoms with Crippen LogP contribution in [0, 0.1) is 0 Å². The zero-order valence-corrected chi connectivity index (χ0v) is 12.3. The molecule has 0 radical (unpaired) electrons. The Labute approximate surface area is 108 Å². The number of carbonyl (C=O) groups is 1. The molecule has 0 N–H and O–H groups in total. The monoisotopic (exact) mass is 305 g/mol. The maximum absolute atomic E-state index is 12.2. The molecule has 0 spiro atoms. The number of aromatic nitrogens is 2. The quantitative estimate of drug-likeness (QED) is 0.803. The Kier molecular flexibility index (Phi) is 4.86. The minimum Gasteiger partial charge on any atom is -0.337 e. The molecule has 1 heterocycles. The summed E-state index contributed by atoms with van der Waals surface area (Å²) in [6, 6.07) is 0.162. The van der Waals surface area contributed by atoms with Gasteiger partial charge >= 0.3 is 0 Å². The van der Waals surface area contributed by atoms with Gasteiger partial charge in [-0.25, -0.2) is 0 Å². The number of hydrogen-bond acceptors (Lipinski definition) is 4. The predicted octanol–water partition coefficient (Wildman–Crippen LogP) is 2.52. The zero-order valence-electron chi connectivity index (χ0n) is 9.90. The van der Waals surface area contributed by atoms with Gasteiger partial charge in [-0.3, -0.25) is 4.79 Å². The Balaban J connectivity index is 2.92. The van der Waals surface area contributed by atoms with Crippen molar-refractivity contribution in [2.75, 3.05) is 12.4 Å². The van der Waals surface area contributed by atoms with Crippen molar-refractivity contribution in [1.82, 2.24) is 14.5 Å². The second kappa shape index (κ2) is 5.72. The van der Waals surface area contributed by atoms with Gasteiger partial charge in [0.1, 0.15) is 4.88 Å². The van der Waals surface area contributed by atoms with E-state index in [1.54, 1.807) is 11.9 Å². The normalized spacial score (nSPS) is 12.9. The highest BCUT2D eigenvalue weighted by Gasteiger charge is 2.23. The first-order valence-electron chi connectivity index (χ1n) is 5.14. The van der Waals surface area contributed by atoms with E-state index in [0.717, 1.165) is 11.0 Å². The molecule has 1 rings (SSSR count). The molecule has 0 aromatic carbocycles. The van der Waals surface area contributed by atoms with Crippen molar-refractivity contribution in [3.05, 3.63) is 10.6 Å². The average Bonchev–Trinajstić information content (AvgIpc) is 2.74. The molecule has 0 aliphatic heterocycles. The number of amides is 1. The van der Waals surface area contributed by atoms with Crippen LogP contribution in [-0.2, 0) is 0 Å². The van der Waals surface area contributed by atoms with E-state index in [-0.39, 0.29) is 17.9 Å². The van der Waals surface area contributed by atoms with Crippen LogP contribution in [0.1, 0.15) is 42.1 Å². The number of nitrogens with zero attached hydrogens (tertiary/aromatic N) is 3. The molecule has 0 saturated heterocycles. The Morgan fingerprint density at radius 3 is 2.62 bits per heavy atom. The van der Waals surface area contributed by atoms with Crippen molar-refractivity contribution in [1.29, 1.82) is 0 Å². The second-order valence-corrected chi connectivity index (χ2v) is 5.46. The number of carbonyl (C=O) groups excluding carboxylic acids is 1. The summed E-state index contributed by atoms with van der Waals surface area (Å²) in [5, 5.41) is 4.78. The molecule has 0 saturated carbocycles. The highest BCUT2D eigenvalue weighted by atomic mass is 79.9. The maximum Gasteiger partial charge on any atom is 0.267 e. The minimum absolute atomic E-state index is 0.00523. The molecule has 0 bridgehead atoms. The molecule has 1 unspecified atom stereocenters. The summed E-state index contributed by atoms with van der Waals surface area (Å²) in [6.07, 6.45) is 0. The highest BCUT2D eigenvalue weighted by Crippen LogP contribution is 2.21. The van der Waals surface area contributed by atoms with Gasteiger partial charge in [0.05, 0.1) is 5.69 Å².